The van der Waals surface area contributed by atoms with E-state index in [2.05, 4.69) is 5.32 Å². The van der Waals surface area contributed by atoms with Crippen molar-refractivity contribution in [3.05, 3.63) is 40.4 Å². The number of benzene rings is 1. The third-order valence-corrected chi connectivity index (χ3v) is 4.21. The zero-order valence-corrected chi connectivity index (χ0v) is 12.6. The second-order valence-corrected chi connectivity index (χ2v) is 5.77. The molecule has 112 valence electrons. The molecule has 2 N–H and O–H groups in total. The van der Waals surface area contributed by atoms with Crippen molar-refractivity contribution < 1.29 is 14.7 Å². The molecule has 0 spiro atoms. The summed E-state index contributed by atoms with van der Waals surface area (Å²) in [6.45, 7) is 2.02. The summed E-state index contributed by atoms with van der Waals surface area (Å²) in [5.41, 5.74) is 1.06. The summed E-state index contributed by atoms with van der Waals surface area (Å²) in [7, 11) is 0. The van der Waals surface area contributed by atoms with E-state index in [0.717, 1.165) is 6.08 Å². The largest absolute Gasteiger partial charge is 0.478 e. The van der Waals surface area contributed by atoms with Crippen LogP contribution in [0.25, 0.3) is 6.08 Å². The Morgan fingerprint density at radius 3 is 2.67 bits per heavy atom. The quantitative estimate of drug-likeness (QED) is 0.820. The van der Waals surface area contributed by atoms with Gasteiger partial charge in [-0.1, -0.05) is 24.1 Å². The normalized spacial score (nSPS) is 16.5. The summed E-state index contributed by atoms with van der Waals surface area (Å²) in [5.74, 6) is -0.616. The van der Waals surface area contributed by atoms with Crippen molar-refractivity contribution in [3.63, 3.8) is 0 Å². The number of aliphatic carboxylic acids is 1. The van der Waals surface area contributed by atoms with Crippen LogP contribution in [0.15, 0.2) is 24.3 Å². The predicted molar refractivity (Wildman–Crippen MR) is 82.4 cm³/mol. The number of nitrogens with one attached hydrogen (secondary N) is 1. The Kier molecular flexibility index (Phi) is 5.02. The van der Waals surface area contributed by atoms with Crippen LogP contribution in [0, 0.1) is 5.92 Å². The summed E-state index contributed by atoms with van der Waals surface area (Å²) >= 11 is 6.07. The Labute approximate surface area is 128 Å². The molecule has 1 amide bonds. The lowest BCUT2D eigenvalue weighted by atomic mass is 9.80. The van der Waals surface area contributed by atoms with Crippen molar-refractivity contribution in [1.82, 2.24) is 5.32 Å². The lowest BCUT2D eigenvalue weighted by Crippen LogP contribution is -2.40. The topological polar surface area (TPSA) is 66.4 Å². The second-order valence-electron chi connectivity index (χ2n) is 5.36. The number of hydrogen-bond donors (Lipinski definition) is 2. The molecule has 0 bridgehead atoms. The number of halogens is 1. The number of amides is 1. The third kappa shape index (κ3) is 4.08. The van der Waals surface area contributed by atoms with Gasteiger partial charge in [0.1, 0.15) is 0 Å². The lowest BCUT2D eigenvalue weighted by molar-refractivity contribution is -0.131. The summed E-state index contributed by atoms with van der Waals surface area (Å²) in [6, 6.07) is 5.02. The first kappa shape index (κ1) is 15.6. The Morgan fingerprint density at radius 2 is 2.14 bits per heavy atom. The maximum Gasteiger partial charge on any atom is 0.328 e. The standard InChI is InChI=1S/C16H18ClNO3/c1-10(11-3-2-4-11)18-16(21)13-6-5-12(14(17)9-13)7-8-15(19)20/h5-11H,2-4H2,1H3,(H,18,21)(H,19,20)/b8-7+. The van der Waals surface area contributed by atoms with E-state index in [0.29, 0.717) is 22.1 Å². The minimum Gasteiger partial charge on any atom is -0.478 e. The number of carbonyl (C=O) groups is 2. The van der Waals surface area contributed by atoms with Gasteiger partial charge >= 0.3 is 5.97 Å². The van der Waals surface area contributed by atoms with Crippen LogP contribution in [-0.4, -0.2) is 23.0 Å². The van der Waals surface area contributed by atoms with Crippen molar-refractivity contribution in [3.8, 4) is 0 Å². The van der Waals surface area contributed by atoms with Crippen LogP contribution in [0.2, 0.25) is 5.02 Å². The van der Waals surface area contributed by atoms with E-state index in [1.165, 1.54) is 25.3 Å². The van der Waals surface area contributed by atoms with Crippen LogP contribution in [0.4, 0.5) is 0 Å². The number of rotatable bonds is 5. The summed E-state index contributed by atoms with van der Waals surface area (Å²) in [6.07, 6.45) is 5.99. The summed E-state index contributed by atoms with van der Waals surface area (Å²) < 4.78 is 0. The average Bonchev–Trinajstić information content (AvgIpc) is 2.34. The molecule has 1 aliphatic carbocycles. The maximum atomic E-state index is 12.1. The number of carbonyl (C=O) groups excluding carboxylic acids is 1. The minimum absolute atomic E-state index is 0.148. The molecule has 1 saturated carbocycles. The van der Waals surface area contributed by atoms with Crippen LogP contribution < -0.4 is 5.32 Å². The van der Waals surface area contributed by atoms with Crippen molar-refractivity contribution >= 4 is 29.6 Å². The van der Waals surface area contributed by atoms with E-state index < -0.39 is 5.97 Å². The van der Waals surface area contributed by atoms with Crippen LogP contribution >= 0.6 is 11.6 Å². The van der Waals surface area contributed by atoms with E-state index in [4.69, 9.17) is 16.7 Å². The number of hydrogen-bond acceptors (Lipinski definition) is 2. The molecule has 1 aliphatic rings. The molecule has 5 heteroatoms. The molecule has 1 atom stereocenters. The molecule has 1 fully saturated rings. The molecule has 0 radical (unpaired) electrons. The third-order valence-electron chi connectivity index (χ3n) is 3.88. The molecule has 1 unspecified atom stereocenters. The molecule has 4 nitrogen and oxygen atoms in total. The monoisotopic (exact) mass is 307 g/mol. The van der Waals surface area contributed by atoms with Gasteiger partial charge in [-0.25, -0.2) is 4.79 Å². The van der Waals surface area contributed by atoms with Gasteiger partial charge in [0.2, 0.25) is 0 Å². The molecule has 0 aliphatic heterocycles. The van der Waals surface area contributed by atoms with Gasteiger partial charge in [0.25, 0.3) is 5.91 Å². The first-order valence-electron chi connectivity index (χ1n) is 6.99. The van der Waals surface area contributed by atoms with Gasteiger partial charge in [-0.3, -0.25) is 4.79 Å². The maximum absolute atomic E-state index is 12.1. The van der Waals surface area contributed by atoms with E-state index in [1.54, 1.807) is 18.2 Å². The Balaban J connectivity index is 2.04. The fourth-order valence-corrected chi connectivity index (χ4v) is 2.56. The Hall–Kier alpha value is -1.81. The minimum atomic E-state index is -1.04. The van der Waals surface area contributed by atoms with Gasteiger partial charge in [0.05, 0.1) is 0 Å². The molecule has 0 aromatic heterocycles. The van der Waals surface area contributed by atoms with Crippen LogP contribution in [0.5, 0.6) is 0 Å². The second kappa shape index (κ2) is 6.76. The van der Waals surface area contributed by atoms with Gasteiger partial charge in [-0.15, -0.1) is 0 Å². The number of carboxylic acids is 1. The average molecular weight is 308 g/mol. The lowest BCUT2D eigenvalue weighted by Gasteiger charge is -2.31. The summed E-state index contributed by atoms with van der Waals surface area (Å²) in [5, 5.41) is 11.9. The van der Waals surface area contributed by atoms with Crippen LogP contribution in [0.3, 0.4) is 0 Å². The Morgan fingerprint density at radius 1 is 1.43 bits per heavy atom. The molecule has 2 rings (SSSR count). The Bertz CT molecular complexity index is 579. The predicted octanol–water partition coefficient (Wildman–Crippen LogP) is 3.36. The first-order valence-corrected chi connectivity index (χ1v) is 7.36. The van der Waals surface area contributed by atoms with Crippen molar-refractivity contribution in [1.29, 1.82) is 0 Å². The molecule has 1 aromatic rings. The fraction of sp³-hybridized carbons (Fsp3) is 0.375. The van der Waals surface area contributed by atoms with Crippen molar-refractivity contribution in [2.75, 3.05) is 0 Å². The molecule has 0 saturated heterocycles. The molecule has 1 aromatic carbocycles. The fourth-order valence-electron chi connectivity index (χ4n) is 2.31. The highest BCUT2D eigenvalue weighted by atomic mass is 35.5. The molecule has 21 heavy (non-hydrogen) atoms. The van der Waals surface area contributed by atoms with E-state index >= 15 is 0 Å². The van der Waals surface area contributed by atoms with Crippen molar-refractivity contribution in [2.45, 2.75) is 32.2 Å². The van der Waals surface area contributed by atoms with Crippen LogP contribution in [-0.2, 0) is 4.79 Å². The molecular formula is C16H18ClNO3. The SMILES string of the molecule is CC(NC(=O)c1ccc(/C=C/C(=O)O)c(Cl)c1)C1CCC1. The molecular weight excluding hydrogens is 290 g/mol. The van der Waals surface area contributed by atoms with E-state index in [-0.39, 0.29) is 11.9 Å². The van der Waals surface area contributed by atoms with E-state index in [1.807, 2.05) is 6.92 Å². The van der Waals surface area contributed by atoms with Gasteiger partial charge < -0.3 is 10.4 Å². The highest BCUT2D eigenvalue weighted by Crippen LogP contribution is 2.29. The van der Waals surface area contributed by atoms with Gasteiger partial charge in [-0.05, 0) is 49.5 Å². The molecule has 0 heterocycles. The van der Waals surface area contributed by atoms with Gasteiger partial charge in [-0.2, -0.15) is 0 Å². The van der Waals surface area contributed by atoms with Gasteiger partial charge in [0, 0.05) is 22.7 Å². The van der Waals surface area contributed by atoms with E-state index in [9.17, 15) is 9.59 Å². The number of carboxylic acid groups (broad SMARTS) is 1. The highest BCUT2D eigenvalue weighted by Gasteiger charge is 2.25. The smallest absolute Gasteiger partial charge is 0.328 e. The zero-order chi connectivity index (χ0) is 15.4. The summed E-state index contributed by atoms with van der Waals surface area (Å²) in [4.78, 5) is 22.6. The first-order chi connectivity index (χ1) is 9.97. The van der Waals surface area contributed by atoms with Crippen molar-refractivity contribution in [2.24, 2.45) is 5.92 Å². The zero-order valence-electron chi connectivity index (χ0n) is 11.8. The van der Waals surface area contributed by atoms with Gasteiger partial charge in [0.15, 0.2) is 0 Å². The highest BCUT2D eigenvalue weighted by molar-refractivity contribution is 6.32. The van der Waals surface area contributed by atoms with Crippen LogP contribution in [0.1, 0.15) is 42.1 Å².